The summed E-state index contributed by atoms with van der Waals surface area (Å²) in [6, 6.07) is 0. The summed E-state index contributed by atoms with van der Waals surface area (Å²) < 4.78 is 65.5. The van der Waals surface area contributed by atoms with Crippen LogP contribution < -0.4 is 29.5 Å². The van der Waals surface area contributed by atoms with Crippen molar-refractivity contribution in [3.8, 4) is 12.3 Å². The van der Waals surface area contributed by atoms with Crippen LogP contribution in [0.3, 0.4) is 0 Å². The van der Waals surface area contributed by atoms with Crippen molar-refractivity contribution < 1.29 is 79.5 Å². The van der Waals surface area contributed by atoms with Crippen LogP contribution in [-0.2, 0) is 31.6 Å². The average molecular weight is 539 g/mol. The molecule has 2 unspecified atom stereocenters. The number of halogens is 1. The molecule has 22 heteroatoms. The molecule has 0 aliphatic carbocycles. The summed E-state index contributed by atoms with van der Waals surface area (Å²) in [6.45, 7) is -1.17. The van der Waals surface area contributed by atoms with E-state index < -0.39 is 54.1 Å². The minimum absolute atomic E-state index is 0. The molecule has 1 saturated heterocycles. The molecular formula is C12H14FLiN5O12P3. The van der Waals surface area contributed by atoms with Crippen LogP contribution in [0.25, 0.3) is 11.2 Å². The topological polar surface area (TPSA) is 262 Å². The second kappa shape index (κ2) is 10.0. The van der Waals surface area contributed by atoms with Gasteiger partial charge in [0.05, 0.1) is 12.9 Å². The van der Waals surface area contributed by atoms with Crippen molar-refractivity contribution in [1.29, 1.82) is 0 Å². The zero-order valence-corrected chi connectivity index (χ0v) is 19.5. The van der Waals surface area contributed by atoms with Crippen molar-refractivity contribution in [2.45, 2.75) is 24.4 Å². The minimum Gasteiger partial charge on any atom is -0.756 e. The number of aliphatic hydroxyl groups is 1. The molecule has 2 aromatic heterocycles. The number of terminal acetylenes is 1. The third-order valence-electron chi connectivity index (χ3n) is 4.14. The van der Waals surface area contributed by atoms with E-state index in [1.54, 1.807) is 0 Å². The van der Waals surface area contributed by atoms with E-state index >= 15 is 0 Å². The number of nitrogens with zero attached hydrogens (tertiary/aromatic N) is 4. The van der Waals surface area contributed by atoms with E-state index in [-0.39, 0.29) is 42.3 Å². The first-order valence-corrected chi connectivity index (χ1v) is 12.8. The monoisotopic (exact) mass is 539 g/mol. The predicted molar refractivity (Wildman–Crippen MR) is 99.6 cm³/mol. The van der Waals surface area contributed by atoms with Crippen molar-refractivity contribution in [2.24, 2.45) is 0 Å². The Labute approximate surface area is 201 Å². The molecule has 0 saturated carbocycles. The van der Waals surface area contributed by atoms with Crippen LogP contribution in [0.4, 0.5) is 10.2 Å². The fraction of sp³-hybridized carbons (Fsp3) is 0.417. The van der Waals surface area contributed by atoms with Crippen LogP contribution >= 0.6 is 23.5 Å². The van der Waals surface area contributed by atoms with E-state index in [0.717, 1.165) is 10.9 Å². The number of phosphoric acid groups is 3. The smallest absolute Gasteiger partial charge is 0.756 e. The number of fused-ring (bicyclic) bond motifs is 1. The van der Waals surface area contributed by atoms with Gasteiger partial charge in [-0.15, -0.1) is 6.42 Å². The second-order valence-corrected chi connectivity index (χ2v) is 10.8. The van der Waals surface area contributed by atoms with E-state index in [2.05, 4.69) is 28.1 Å². The maximum atomic E-state index is 13.6. The molecule has 0 radical (unpaired) electrons. The number of aliphatic hydroxyl groups excluding tert-OH is 1. The molecule has 1 aliphatic rings. The van der Waals surface area contributed by atoms with Crippen LogP contribution in [0.15, 0.2) is 6.33 Å². The second-order valence-electron chi connectivity index (χ2n) is 6.40. The van der Waals surface area contributed by atoms with Crippen molar-refractivity contribution >= 4 is 40.4 Å². The molecule has 34 heavy (non-hydrogen) atoms. The molecule has 0 aromatic carbocycles. The van der Waals surface area contributed by atoms with Gasteiger partial charge in [0, 0.05) is 6.42 Å². The normalized spacial score (nSPS) is 26.4. The Kier molecular flexibility index (Phi) is 8.55. The fourth-order valence-corrected chi connectivity index (χ4v) is 5.83. The van der Waals surface area contributed by atoms with E-state index in [1.807, 2.05) is 5.92 Å². The van der Waals surface area contributed by atoms with Gasteiger partial charge in [-0.3, -0.25) is 9.13 Å². The third kappa shape index (κ3) is 6.50. The molecule has 3 rings (SSSR count). The Morgan fingerprint density at radius 1 is 1.35 bits per heavy atom. The molecule has 2 aromatic rings. The molecule has 1 fully saturated rings. The van der Waals surface area contributed by atoms with Gasteiger partial charge in [-0.2, -0.15) is 18.7 Å². The van der Waals surface area contributed by atoms with Gasteiger partial charge < -0.3 is 39.7 Å². The summed E-state index contributed by atoms with van der Waals surface area (Å²) in [6.07, 6.45) is 2.25. The number of ether oxygens (including phenoxy) is 1. The van der Waals surface area contributed by atoms with E-state index in [0.29, 0.717) is 0 Å². The first kappa shape index (κ1) is 29.0. The molecule has 17 nitrogen and oxygen atoms in total. The van der Waals surface area contributed by atoms with Gasteiger partial charge in [-0.25, -0.2) is 18.4 Å². The number of imidazole rings is 1. The first-order valence-electron chi connectivity index (χ1n) is 8.32. The minimum atomic E-state index is -5.82. The molecule has 1 aliphatic heterocycles. The number of anilines is 1. The molecule has 3 heterocycles. The summed E-state index contributed by atoms with van der Waals surface area (Å²) in [5, 5.41) is 10.4. The van der Waals surface area contributed by atoms with Gasteiger partial charge in [-0.05, 0) is 0 Å². The van der Waals surface area contributed by atoms with Crippen LogP contribution in [0.1, 0.15) is 12.6 Å². The Bertz CT molecular complexity index is 1270. The molecular weight excluding hydrogens is 525 g/mol. The van der Waals surface area contributed by atoms with E-state index in [1.165, 1.54) is 0 Å². The van der Waals surface area contributed by atoms with Gasteiger partial charge >= 0.3 is 40.6 Å². The van der Waals surface area contributed by atoms with Gasteiger partial charge in [-0.1, -0.05) is 5.92 Å². The summed E-state index contributed by atoms with van der Waals surface area (Å²) in [4.78, 5) is 48.8. The Hall–Kier alpha value is -1.23. The van der Waals surface area contributed by atoms with Crippen molar-refractivity contribution in [3.63, 3.8) is 0 Å². The Balaban J connectivity index is 0.00000408. The van der Waals surface area contributed by atoms with Crippen molar-refractivity contribution in [2.75, 3.05) is 12.3 Å². The van der Waals surface area contributed by atoms with Gasteiger partial charge in [0.1, 0.15) is 12.3 Å². The zero-order valence-electron chi connectivity index (χ0n) is 16.9. The van der Waals surface area contributed by atoms with Gasteiger partial charge in [0.25, 0.3) is 7.82 Å². The summed E-state index contributed by atoms with van der Waals surface area (Å²) in [5.41, 5.74) is 3.27. The van der Waals surface area contributed by atoms with Crippen molar-refractivity contribution in [3.05, 3.63) is 12.4 Å². The third-order valence-corrected chi connectivity index (χ3v) is 7.88. The van der Waals surface area contributed by atoms with Crippen molar-refractivity contribution in [1.82, 2.24) is 19.5 Å². The predicted octanol–water partition coefficient (Wildman–Crippen LogP) is -4.09. The Morgan fingerprint density at radius 3 is 2.59 bits per heavy atom. The standard InChI is InChI=1S/C12H15FN5O12P3.Li/c1-2-12(4-27-32(23,24)30-33(25,26)29-31(20,21)22)6(19)3-7(28-12)18-5-15-8-9(14)16-11(13)17-10(8)18;/h1,5-7,19H,3-4H2,(H,23,24)(H,25,26)(H2,14,16,17)(H2,20,21,22);/q;+1/p-1/t6-,7+,12+;/m0./s1. The molecule has 5 atom stereocenters. The number of rotatable bonds is 8. The SMILES string of the molecule is C#C[C@]1(COP(=O)([O-])OP(=O)(O)OP(=O)(O)O)O[C@@H](n2cnc3c(N)nc(F)nc32)C[C@@H]1O.[Li+]. The first-order chi connectivity index (χ1) is 15.1. The summed E-state index contributed by atoms with van der Waals surface area (Å²) in [7, 11) is -17.2. The molecule has 6 N–H and O–H groups in total. The molecule has 0 spiro atoms. The number of aromatic nitrogens is 4. The maximum absolute atomic E-state index is 13.6. The van der Waals surface area contributed by atoms with Crippen LogP contribution in [0, 0.1) is 18.4 Å². The quantitative estimate of drug-likeness (QED) is 0.0924. The van der Waals surface area contributed by atoms with Crippen LogP contribution in [0.5, 0.6) is 0 Å². The van der Waals surface area contributed by atoms with Gasteiger partial charge in [0.2, 0.25) is 0 Å². The average Bonchev–Trinajstić information content (AvgIpc) is 3.18. The van der Waals surface area contributed by atoms with Gasteiger partial charge in [0.15, 0.2) is 22.6 Å². The molecule has 0 bridgehead atoms. The molecule has 182 valence electrons. The number of hydrogen-bond acceptors (Lipinski definition) is 13. The van der Waals surface area contributed by atoms with E-state index in [4.69, 9.17) is 31.6 Å². The summed E-state index contributed by atoms with van der Waals surface area (Å²) in [5.74, 6) is 1.72. The van der Waals surface area contributed by atoms with Crippen LogP contribution in [-0.4, -0.2) is 57.6 Å². The number of nitrogens with two attached hydrogens (primary N) is 1. The van der Waals surface area contributed by atoms with Crippen LogP contribution in [0.2, 0.25) is 0 Å². The Morgan fingerprint density at radius 2 is 2.00 bits per heavy atom. The number of hydrogen-bond donors (Lipinski definition) is 5. The maximum Gasteiger partial charge on any atom is 1.00 e. The van der Waals surface area contributed by atoms with E-state index in [9.17, 15) is 28.1 Å². The summed E-state index contributed by atoms with van der Waals surface area (Å²) >= 11 is 0. The molecule has 0 amide bonds. The zero-order chi connectivity index (χ0) is 24.8. The fourth-order valence-electron chi connectivity index (χ4n) is 2.82. The largest absolute Gasteiger partial charge is 1.00 e. The number of nitrogen functional groups attached to an aromatic ring is 1. The number of phosphoric ester groups is 1.